The second-order valence-corrected chi connectivity index (χ2v) is 6.67. The Labute approximate surface area is 110 Å². The predicted octanol–water partition coefficient (Wildman–Crippen LogP) is 1.22. The summed E-state index contributed by atoms with van der Waals surface area (Å²) in [5.41, 5.74) is 0.261. The standard InChI is InChI=1S/C10H13ClN4O2S/c1-7(3-4-11)18(16,17)10-9-14-13-8(2)15(9)6-5-12-10/h5-7H,3-4H2,1-2H3. The SMILES string of the molecule is Cc1nnc2c(S(=O)(=O)C(C)CCCl)nccn12. The lowest BCUT2D eigenvalue weighted by Crippen LogP contribution is -2.20. The zero-order valence-corrected chi connectivity index (χ0v) is 11.6. The molecule has 98 valence electrons. The summed E-state index contributed by atoms with van der Waals surface area (Å²) in [5.74, 6) is 0.906. The third-order valence-corrected chi connectivity index (χ3v) is 5.12. The Bertz CT molecular complexity index is 668. The van der Waals surface area contributed by atoms with E-state index in [2.05, 4.69) is 15.2 Å². The van der Waals surface area contributed by atoms with Gasteiger partial charge in [-0.1, -0.05) is 0 Å². The maximum absolute atomic E-state index is 12.3. The molecule has 18 heavy (non-hydrogen) atoms. The highest BCUT2D eigenvalue weighted by molar-refractivity contribution is 7.92. The molecule has 0 aliphatic carbocycles. The lowest BCUT2D eigenvalue weighted by molar-refractivity contribution is 0.577. The van der Waals surface area contributed by atoms with Crippen LogP contribution < -0.4 is 0 Å². The second kappa shape index (κ2) is 4.81. The van der Waals surface area contributed by atoms with Crippen molar-refractivity contribution in [3.8, 4) is 0 Å². The molecule has 0 radical (unpaired) electrons. The molecule has 2 rings (SSSR count). The lowest BCUT2D eigenvalue weighted by atomic mass is 10.4. The van der Waals surface area contributed by atoms with Crippen LogP contribution in [0.4, 0.5) is 0 Å². The quantitative estimate of drug-likeness (QED) is 0.791. The van der Waals surface area contributed by atoms with Crippen LogP contribution in [0.25, 0.3) is 5.65 Å². The summed E-state index contributed by atoms with van der Waals surface area (Å²) in [6.45, 7) is 3.37. The number of aryl methyl sites for hydroxylation is 1. The average Bonchev–Trinajstić information content (AvgIpc) is 2.71. The van der Waals surface area contributed by atoms with Crippen molar-refractivity contribution in [2.75, 3.05) is 5.88 Å². The minimum absolute atomic E-state index is 0.0387. The van der Waals surface area contributed by atoms with Crippen LogP contribution in [0.5, 0.6) is 0 Å². The van der Waals surface area contributed by atoms with Gasteiger partial charge in [-0.3, -0.25) is 4.40 Å². The molecule has 0 aromatic carbocycles. The molecule has 2 heterocycles. The monoisotopic (exact) mass is 288 g/mol. The maximum atomic E-state index is 12.3. The fourth-order valence-corrected chi connectivity index (χ4v) is 3.49. The van der Waals surface area contributed by atoms with Gasteiger partial charge >= 0.3 is 0 Å². The molecule has 0 saturated carbocycles. The Morgan fingerprint density at radius 1 is 1.44 bits per heavy atom. The number of sulfone groups is 1. The lowest BCUT2D eigenvalue weighted by Gasteiger charge is -2.10. The zero-order valence-electron chi connectivity index (χ0n) is 10.0. The van der Waals surface area contributed by atoms with Crippen molar-refractivity contribution in [2.45, 2.75) is 30.5 Å². The Balaban J connectivity index is 2.61. The number of aromatic nitrogens is 4. The first-order valence-corrected chi connectivity index (χ1v) is 7.52. The molecule has 1 unspecified atom stereocenters. The van der Waals surface area contributed by atoms with Gasteiger partial charge in [-0.15, -0.1) is 21.8 Å². The summed E-state index contributed by atoms with van der Waals surface area (Å²) in [6.07, 6.45) is 3.44. The van der Waals surface area contributed by atoms with Gasteiger partial charge in [0, 0.05) is 18.3 Å². The Hall–Kier alpha value is -1.21. The highest BCUT2D eigenvalue weighted by Crippen LogP contribution is 2.20. The van der Waals surface area contributed by atoms with Gasteiger partial charge in [0.1, 0.15) is 5.82 Å². The minimum Gasteiger partial charge on any atom is -0.283 e. The first-order chi connectivity index (χ1) is 8.48. The van der Waals surface area contributed by atoms with Crippen LogP contribution in [-0.2, 0) is 9.84 Å². The normalized spacial score (nSPS) is 13.9. The fourth-order valence-electron chi connectivity index (χ4n) is 1.62. The topological polar surface area (TPSA) is 77.2 Å². The Morgan fingerprint density at radius 3 is 2.83 bits per heavy atom. The third-order valence-electron chi connectivity index (χ3n) is 2.78. The third kappa shape index (κ3) is 2.08. The van der Waals surface area contributed by atoms with Crippen LogP contribution in [-0.4, -0.2) is 39.1 Å². The van der Waals surface area contributed by atoms with Crippen LogP contribution >= 0.6 is 11.6 Å². The highest BCUT2D eigenvalue weighted by Gasteiger charge is 2.28. The molecule has 0 saturated heterocycles. The summed E-state index contributed by atoms with van der Waals surface area (Å²) in [5, 5.41) is 7.09. The van der Waals surface area contributed by atoms with Gasteiger partial charge in [-0.25, -0.2) is 13.4 Å². The van der Waals surface area contributed by atoms with Crippen molar-refractivity contribution in [2.24, 2.45) is 0 Å². The largest absolute Gasteiger partial charge is 0.283 e. The van der Waals surface area contributed by atoms with Crippen molar-refractivity contribution in [1.29, 1.82) is 0 Å². The maximum Gasteiger partial charge on any atom is 0.202 e. The number of nitrogens with zero attached hydrogens (tertiary/aromatic N) is 4. The summed E-state index contributed by atoms with van der Waals surface area (Å²) >= 11 is 5.59. The number of hydrogen-bond acceptors (Lipinski definition) is 5. The van der Waals surface area contributed by atoms with Gasteiger partial charge < -0.3 is 0 Å². The fraction of sp³-hybridized carbons (Fsp3) is 0.500. The van der Waals surface area contributed by atoms with E-state index in [4.69, 9.17) is 11.6 Å². The molecular weight excluding hydrogens is 276 g/mol. The van der Waals surface area contributed by atoms with E-state index in [-0.39, 0.29) is 16.6 Å². The van der Waals surface area contributed by atoms with E-state index in [9.17, 15) is 8.42 Å². The second-order valence-electron chi connectivity index (χ2n) is 4.01. The van der Waals surface area contributed by atoms with Gasteiger partial charge in [0.05, 0.1) is 5.25 Å². The van der Waals surface area contributed by atoms with Crippen molar-refractivity contribution >= 4 is 27.1 Å². The van der Waals surface area contributed by atoms with Crippen molar-refractivity contribution < 1.29 is 8.42 Å². The molecule has 0 fully saturated rings. The molecule has 0 spiro atoms. The molecule has 0 amide bonds. The van der Waals surface area contributed by atoms with E-state index >= 15 is 0 Å². The van der Waals surface area contributed by atoms with Crippen LogP contribution in [0.3, 0.4) is 0 Å². The Kier molecular flexibility index (Phi) is 3.54. The predicted molar refractivity (Wildman–Crippen MR) is 67.5 cm³/mol. The summed E-state index contributed by atoms with van der Waals surface area (Å²) in [7, 11) is -3.53. The molecule has 0 aliphatic heterocycles. The van der Waals surface area contributed by atoms with Crippen LogP contribution in [0.15, 0.2) is 17.4 Å². The van der Waals surface area contributed by atoms with Gasteiger partial charge in [0.15, 0.2) is 5.65 Å². The zero-order chi connectivity index (χ0) is 13.3. The summed E-state index contributed by atoms with van der Waals surface area (Å²) in [6, 6.07) is 0. The molecule has 0 bridgehead atoms. The van der Waals surface area contributed by atoms with Gasteiger partial charge in [-0.05, 0) is 20.3 Å². The number of alkyl halides is 1. The smallest absolute Gasteiger partial charge is 0.202 e. The average molecular weight is 289 g/mol. The minimum atomic E-state index is -3.53. The molecule has 8 heteroatoms. The molecule has 2 aromatic rings. The highest BCUT2D eigenvalue weighted by atomic mass is 35.5. The van der Waals surface area contributed by atoms with E-state index in [1.807, 2.05) is 0 Å². The Morgan fingerprint density at radius 2 is 2.17 bits per heavy atom. The van der Waals surface area contributed by atoms with Crippen LogP contribution in [0, 0.1) is 6.92 Å². The van der Waals surface area contributed by atoms with E-state index in [0.717, 1.165) is 0 Å². The van der Waals surface area contributed by atoms with E-state index < -0.39 is 15.1 Å². The van der Waals surface area contributed by atoms with Crippen LogP contribution in [0.2, 0.25) is 0 Å². The number of rotatable bonds is 4. The number of fused-ring (bicyclic) bond motifs is 1. The van der Waals surface area contributed by atoms with E-state index in [0.29, 0.717) is 12.2 Å². The van der Waals surface area contributed by atoms with Gasteiger partial charge in [0.2, 0.25) is 14.9 Å². The first-order valence-electron chi connectivity index (χ1n) is 5.44. The molecule has 1 atom stereocenters. The van der Waals surface area contributed by atoms with Gasteiger partial charge in [0.25, 0.3) is 0 Å². The molecule has 0 N–H and O–H groups in total. The molecule has 6 nitrogen and oxygen atoms in total. The first kappa shape index (κ1) is 13.2. The van der Waals surface area contributed by atoms with Crippen molar-refractivity contribution in [1.82, 2.24) is 19.6 Å². The van der Waals surface area contributed by atoms with Crippen molar-refractivity contribution in [3.05, 3.63) is 18.2 Å². The molecule has 0 aliphatic rings. The van der Waals surface area contributed by atoms with Crippen molar-refractivity contribution in [3.63, 3.8) is 0 Å². The molecular formula is C10H13ClN4O2S. The summed E-state index contributed by atoms with van der Waals surface area (Å²) < 4.78 is 26.3. The van der Waals surface area contributed by atoms with E-state index in [1.165, 1.54) is 6.20 Å². The number of hydrogen-bond donors (Lipinski definition) is 0. The summed E-state index contributed by atoms with van der Waals surface area (Å²) in [4.78, 5) is 3.94. The number of halogens is 1. The molecule has 2 aromatic heterocycles. The van der Waals surface area contributed by atoms with Gasteiger partial charge in [-0.2, -0.15) is 0 Å². The van der Waals surface area contributed by atoms with Crippen LogP contribution in [0.1, 0.15) is 19.2 Å². The van der Waals surface area contributed by atoms with E-state index in [1.54, 1.807) is 24.4 Å².